The molecule has 3 nitrogen and oxygen atoms in total. The first kappa shape index (κ1) is 10.1. The molecule has 1 N–H and O–H groups in total. The maximum Gasteiger partial charge on any atom is 0.420 e. The number of alkyl halides is 3. The molecule has 72 valence electrons. The Bertz CT molecular complexity index is 309. The minimum absolute atomic E-state index is 0.0849. The Hall–Kier alpha value is -0.950. The van der Waals surface area contributed by atoms with Crippen LogP contribution in [0.3, 0.4) is 0 Å². The minimum atomic E-state index is -4.74. The van der Waals surface area contributed by atoms with Gasteiger partial charge in [-0.25, -0.2) is 4.98 Å². The quantitative estimate of drug-likeness (QED) is 0.755. The highest BCUT2D eigenvalue weighted by Crippen LogP contribution is 2.32. The van der Waals surface area contributed by atoms with E-state index in [9.17, 15) is 18.0 Å². The summed E-state index contributed by atoms with van der Waals surface area (Å²) in [6.07, 6.45) is -7.02. The van der Waals surface area contributed by atoms with E-state index in [1.165, 1.54) is 0 Å². The molecule has 1 unspecified atom stereocenters. The average molecular weight is 211 g/mol. The number of hydrogen-bond acceptors (Lipinski definition) is 4. The van der Waals surface area contributed by atoms with Gasteiger partial charge in [0.25, 0.3) is 0 Å². The van der Waals surface area contributed by atoms with E-state index >= 15 is 0 Å². The maximum atomic E-state index is 11.9. The van der Waals surface area contributed by atoms with E-state index < -0.39 is 18.0 Å². The standard InChI is InChI=1S/C6H4F3NO2S/c7-6(8,9)5(12)3-2-13-4(1-11)10-3/h1-2,5,12H. The van der Waals surface area contributed by atoms with Gasteiger partial charge in [0.1, 0.15) is 0 Å². The number of carbonyl (C=O) groups excluding carboxylic acids is 1. The number of nitrogens with zero attached hydrogens (tertiary/aromatic N) is 1. The highest BCUT2D eigenvalue weighted by Gasteiger charge is 2.40. The fourth-order valence-electron chi connectivity index (χ4n) is 0.648. The van der Waals surface area contributed by atoms with E-state index in [2.05, 4.69) is 4.98 Å². The van der Waals surface area contributed by atoms with Crippen LogP contribution in [0.15, 0.2) is 5.38 Å². The zero-order chi connectivity index (χ0) is 10.1. The number of rotatable bonds is 2. The zero-order valence-electron chi connectivity index (χ0n) is 6.08. The lowest BCUT2D eigenvalue weighted by atomic mass is 10.3. The van der Waals surface area contributed by atoms with Gasteiger partial charge in [0.05, 0.1) is 5.69 Å². The number of hydrogen-bond donors (Lipinski definition) is 1. The van der Waals surface area contributed by atoms with Crippen molar-refractivity contribution in [2.24, 2.45) is 0 Å². The molecule has 1 heterocycles. The number of carbonyl (C=O) groups is 1. The molecule has 1 aromatic heterocycles. The van der Waals surface area contributed by atoms with E-state index in [1.807, 2.05) is 0 Å². The van der Waals surface area contributed by atoms with Gasteiger partial charge in [-0.05, 0) is 0 Å². The van der Waals surface area contributed by atoms with Crippen LogP contribution in [0.5, 0.6) is 0 Å². The Morgan fingerprint density at radius 2 is 2.23 bits per heavy atom. The predicted octanol–water partition coefficient (Wildman–Crippen LogP) is 1.55. The van der Waals surface area contributed by atoms with Crippen LogP contribution in [0.4, 0.5) is 13.2 Å². The third-order valence-corrected chi connectivity index (χ3v) is 2.02. The maximum absolute atomic E-state index is 11.9. The summed E-state index contributed by atoms with van der Waals surface area (Å²) in [5.74, 6) is 0. The van der Waals surface area contributed by atoms with Crippen LogP contribution >= 0.6 is 11.3 Å². The highest BCUT2D eigenvalue weighted by molar-refractivity contribution is 7.11. The third kappa shape index (κ3) is 2.25. The van der Waals surface area contributed by atoms with Crippen LogP contribution in [0, 0.1) is 0 Å². The molecule has 0 spiro atoms. The first-order valence-electron chi connectivity index (χ1n) is 3.10. The fraction of sp³-hybridized carbons (Fsp3) is 0.333. The van der Waals surface area contributed by atoms with Crippen molar-refractivity contribution >= 4 is 17.6 Å². The first-order chi connectivity index (χ1) is 5.95. The molecule has 0 saturated carbocycles. The number of thiazole rings is 1. The van der Waals surface area contributed by atoms with Crippen molar-refractivity contribution in [2.45, 2.75) is 12.3 Å². The molecular weight excluding hydrogens is 207 g/mol. The van der Waals surface area contributed by atoms with Crippen LogP contribution in [-0.2, 0) is 0 Å². The number of halogens is 3. The topological polar surface area (TPSA) is 50.2 Å². The van der Waals surface area contributed by atoms with Crippen molar-refractivity contribution in [3.05, 3.63) is 16.1 Å². The molecule has 7 heteroatoms. The van der Waals surface area contributed by atoms with Crippen molar-refractivity contribution < 1.29 is 23.1 Å². The van der Waals surface area contributed by atoms with Crippen molar-refractivity contribution in [2.75, 3.05) is 0 Å². The lowest BCUT2D eigenvalue weighted by Crippen LogP contribution is -2.20. The highest BCUT2D eigenvalue weighted by atomic mass is 32.1. The van der Waals surface area contributed by atoms with Crippen LogP contribution in [-0.4, -0.2) is 22.6 Å². The van der Waals surface area contributed by atoms with Crippen LogP contribution < -0.4 is 0 Å². The molecule has 0 amide bonds. The summed E-state index contributed by atoms with van der Waals surface area (Å²) in [7, 11) is 0. The summed E-state index contributed by atoms with van der Waals surface area (Å²) in [6, 6.07) is 0. The summed E-state index contributed by atoms with van der Waals surface area (Å²) in [6.45, 7) is 0. The molecule has 0 bridgehead atoms. The van der Waals surface area contributed by atoms with Crippen LogP contribution in [0.25, 0.3) is 0 Å². The molecule has 0 aliphatic carbocycles. The van der Waals surface area contributed by atoms with Crippen molar-refractivity contribution in [3.63, 3.8) is 0 Å². The smallest absolute Gasteiger partial charge is 0.378 e. The second-order valence-corrected chi connectivity index (χ2v) is 3.06. The number of aldehydes is 1. The summed E-state index contributed by atoms with van der Waals surface area (Å²) >= 11 is 0.755. The molecule has 1 aromatic rings. The van der Waals surface area contributed by atoms with E-state index in [-0.39, 0.29) is 5.01 Å². The Morgan fingerprint density at radius 3 is 2.62 bits per heavy atom. The molecule has 0 radical (unpaired) electrons. The van der Waals surface area contributed by atoms with E-state index in [1.54, 1.807) is 0 Å². The van der Waals surface area contributed by atoms with Crippen molar-refractivity contribution in [1.82, 2.24) is 4.98 Å². The lowest BCUT2D eigenvalue weighted by Gasteiger charge is -2.11. The van der Waals surface area contributed by atoms with Gasteiger partial charge in [-0.2, -0.15) is 13.2 Å². The van der Waals surface area contributed by atoms with Crippen molar-refractivity contribution in [1.29, 1.82) is 0 Å². The molecule has 1 atom stereocenters. The summed E-state index contributed by atoms with van der Waals surface area (Å²) in [5.41, 5.74) is -0.542. The Morgan fingerprint density at radius 1 is 1.62 bits per heavy atom. The molecule has 0 fully saturated rings. The molecule has 0 aromatic carbocycles. The monoisotopic (exact) mass is 211 g/mol. The zero-order valence-corrected chi connectivity index (χ0v) is 6.89. The largest absolute Gasteiger partial charge is 0.420 e. The Kier molecular flexibility index (Phi) is 2.67. The molecule has 0 aliphatic rings. The molecular formula is C6H4F3NO2S. The molecule has 0 aliphatic heterocycles. The van der Waals surface area contributed by atoms with Gasteiger partial charge in [0.2, 0.25) is 0 Å². The second kappa shape index (κ2) is 3.43. The van der Waals surface area contributed by atoms with Gasteiger partial charge >= 0.3 is 6.18 Å². The van der Waals surface area contributed by atoms with Gasteiger partial charge in [0, 0.05) is 5.38 Å². The SMILES string of the molecule is O=Cc1nc(C(O)C(F)(F)F)cs1. The van der Waals surface area contributed by atoms with Gasteiger partial charge in [-0.3, -0.25) is 4.79 Å². The van der Waals surface area contributed by atoms with Gasteiger partial charge in [0.15, 0.2) is 17.4 Å². The van der Waals surface area contributed by atoms with E-state index in [4.69, 9.17) is 5.11 Å². The van der Waals surface area contributed by atoms with Crippen molar-refractivity contribution in [3.8, 4) is 0 Å². The Balaban J connectivity index is 2.89. The van der Waals surface area contributed by atoms with E-state index in [0.717, 1.165) is 16.7 Å². The molecule has 13 heavy (non-hydrogen) atoms. The van der Waals surface area contributed by atoms with Gasteiger partial charge in [-0.15, -0.1) is 11.3 Å². The Labute approximate surface area is 74.8 Å². The average Bonchev–Trinajstić information content (AvgIpc) is 2.48. The fourth-order valence-corrected chi connectivity index (χ4v) is 1.28. The molecule has 0 saturated heterocycles. The third-order valence-electron chi connectivity index (χ3n) is 1.23. The minimum Gasteiger partial charge on any atom is -0.378 e. The number of aliphatic hydroxyl groups excluding tert-OH is 1. The van der Waals surface area contributed by atoms with E-state index in [0.29, 0.717) is 6.29 Å². The summed E-state index contributed by atoms with van der Waals surface area (Å²) < 4.78 is 35.6. The normalized spacial score (nSPS) is 14.2. The lowest BCUT2D eigenvalue weighted by molar-refractivity contribution is -0.207. The van der Waals surface area contributed by atoms with Gasteiger partial charge < -0.3 is 5.11 Å². The summed E-state index contributed by atoms with van der Waals surface area (Å²) in [5, 5.41) is 9.59. The van der Waals surface area contributed by atoms with Crippen LogP contribution in [0.2, 0.25) is 0 Å². The number of aliphatic hydroxyl groups is 1. The summed E-state index contributed by atoms with van der Waals surface area (Å²) in [4.78, 5) is 13.4. The van der Waals surface area contributed by atoms with Gasteiger partial charge in [-0.1, -0.05) is 0 Å². The number of aromatic nitrogens is 1. The predicted molar refractivity (Wildman–Crippen MR) is 38.5 cm³/mol. The second-order valence-electron chi connectivity index (χ2n) is 2.17. The van der Waals surface area contributed by atoms with Crippen LogP contribution in [0.1, 0.15) is 21.6 Å². The first-order valence-corrected chi connectivity index (χ1v) is 3.98. The molecule has 1 rings (SSSR count).